The summed E-state index contributed by atoms with van der Waals surface area (Å²) in [6.07, 6.45) is 1.70. The van der Waals surface area contributed by atoms with E-state index in [1.165, 1.54) is 6.07 Å². The highest BCUT2D eigenvalue weighted by Crippen LogP contribution is 2.37. The van der Waals surface area contributed by atoms with Gasteiger partial charge in [0.15, 0.2) is 11.5 Å². The highest BCUT2D eigenvalue weighted by atomic mass is 35.5. The van der Waals surface area contributed by atoms with Crippen LogP contribution < -0.4 is 14.2 Å². The third kappa shape index (κ3) is 5.74. The van der Waals surface area contributed by atoms with Crippen molar-refractivity contribution in [3.8, 4) is 17.2 Å². The number of ether oxygens (including phenoxy) is 3. The smallest absolute Gasteiger partial charge is 0.180 e. The number of halogens is 2. The van der Waals surface area contributed by atoms with Gasteiger partial charge in [-0.15, -0.1) is 0 Å². The summed E-state index contributed by atoms with van der Waals surface area (Å²) in [6.45, 7) is 4.91. The van der Waals surface area contributed by atoms with Crippen molar-refractivity contribution >= 4 is 23.5 Å². The molecule has 0 aromatic heterocycles. The molecule has 156 valence electrons. The lowest BCUT2D eigenvalue weighted by Gasteiger charge is -2.14. The zero-order chi connectivity index (χ0) is 21.3. The maximum atomic E-state index is 13.9. The van der Waals surface area contributed by atoms with Gasteiger partial charge in [0.1, 0.15) is 18.2 Å². The standard InChI is InChI=1S/C24H23ClFNO3/c1-3-28-20-11-9-19(10-12-20)27-15-17-13-21(25)24(23(14-17)29-4-2)30-16-18-7-5-6-8-22(18)26/h5-15H,3-4,16H2,1-2H3. The normalized spacial score (nSPS) is 10.9. The SMILES string of the molecule is CCOc1ccc(N=Cc2cc(Cl)c(OCc3ccccc3F)c(OCC)c2)cc1. The molecule has 6 heteroatoms. The number of benzene rings is 3. The predicted molar refractivity (Wildman–Crippen MR) is 118 cm³/mol. The van der Waals surface area contributed by atoms with Gasteiger partial charge in [-0.2, -0.15) is 0 Å². The molecule has 0 aliphatic heterocycles. The Morgan fingerprint density at radius 2 is 1.67 bits per heavy atom. The summed E-state index contributed by atoms with van der Waals surface area (Å²) in [5.74, 6) is 1.33. The topological polar surface area (TPSA) is 40.0 Å². The Kier molecular flexibility index (Phi) is 7.69. The van der Waals surface area contributed by atoms with E-state index in [9.17, 15) is 4.39 Å². The molecule has 30 heavy (non-hydrogen) atoms. The molecular formula is C24H23ClFNO3. The van der Waals surface area contributed by atoms with Crippen molar-refractivity contribution < 1.29 is 18.6 Å². The van der Waals surface area contributed by atoms with Crippen LogP contribution in [0.5, 0.6) is 17.2 Å². The van der Waals surface area contributed by atoms with E-state index in [2.05, 4.69) is 4.99 Å². The highest BCUT2D eigenvalue weighted by Gasteiger charge is 2.13. The molecule has 0 unspecified atom stereocenters. The van der Waals surface area contributed by atoms with Crippen molar-refractivity contribution in [3.63, 3.8) is 0 Å². The van der Waals surface area contributed by atoms with Crippen molar-refractivity contribution in [2.75, 3.05) is 13.2 Å². The summed E-state index contributed by atoms with van der Waals surface area (Å²) in [7, 11) is 0. The van der Waals surface area contributed by atoms with Gasteiger partial charge < -0.3 is 14.2 Å². The average molecular weight is 428 g/mol. The summed E-state index contributed by atoms with van der Waals surface area (Å²) in [5, 5.41) is 0.366. The largest absolute Gasteiger partial charge is 0.494 e. The van der Waals surface area contributed by atoms with E-state index in [0.717, 1.165) is 17.0 Å². The van der Waals surface area contributed by atoms with Crippen molar-refractivity contribution in [1.29, 1.82) is 0 Å². The molecule has 0 saturated heterocycles. The maximum Gasteiger partial charge on any atom is 0.180 e. The fourth-order valence-electron chi connectivity index (χ4n) is 2.78. The molecular weight excluding hydrogens is 405 g/mol. The molecule has 3 rings (SSSR count). The molecule has 0 bridgehead atoms. The number of aliphatic imine (C=N–C) groups is 1. The first-order valence-corrected chi connectivity index (χ1v) is 10.1. The minimum Gasteiger partial charge on any atom is -0.494 e. The molecule has 0 heterocycles. The molecule has 0 fully saturated rings. The Morgan fingerprint density at radius 3 is 2.37 bits per heavy atom. The van der Waals surface area contributed by atoms with Gasteiger partial charge in [-0.1, -0.05) is 29.8 Å². The van der Waals surface area contributed by atoms with Gasteiger partial charge in [0.25, 0.3) is 0 Å². The van der Waals surface area contributed by atoms with Gasteiger partial charge >= 0.3 is 0 Å². The molecule has 3 aromatic rings. The fraction of sp³-hybridized carbons (Fsp3) is 0.208. The molecule has 0 N–H and O–H groups in total. The lowest BCUT2D eigenvalue weighted by molar-refractivity contribution is 0.266. The monoisotopic (exact) mass is 427 g/mol. The molecule has 0 atom stereocenters. The lowest BCUT2D eigenvalue weighted by Crippen LogP contribution is -2.02. The van der Waals surface area contributed by atoms with Crippen LogP contribution in [-0.4, -0.2) is 19.4 Å². The van der Waals surface area contributed by atoms with E-state index < -0.39 is 0 Å². The Labute approximate surface area is 180 Å². The average Bonchev–Trinajstić information content (AvgIpc) is 2.74. The summed E-state index contributed by atoms with van der Waals surface area (Å²) in [5.41, 5.74) is 1.99. The summed E-state index contributed by atoms with van der Waals surface area (Å²) >= 11 is 6.44. The van der Waals surface area contributed by atoms with Gasteiger partial charge in [-0.25, -0.2) is 4.39 Å². The molecule has 0 aliphatic rings. The van der Waals surface area contributed by atoms with E-state index in [1.54, 1.807) is 36.5 Å². The zero-order valence-electron chi connectivity index (χ0n) is 16.9. The Morgan fingerprint density at radius 1 is 0.933 bits per heavy atom. The Balaban J connectivity index is 1.79. The third-order valence-corrected chi connectivity index (χ3v) is 4.45. The van der Waals surface area contributed by atoms with Crippen molar-refractivity contribution in [2.24, 2.45) is 4.99 Å². The van der Waals surface area contributed by atoms with E-state index in [-0.39, 0.29) is 12.4 Å². The highest BCUT2D eigenvalue weighted by molar-refractivity contribution is 6.32. The zero-order valence-corrected chi connectivity index (χ0v) is 17.7. The van der Waals surface area contributed by atoms with Crippen LogP contribution in [0.1, 0.15) is 25.0 Å². The summed E-state index contributed by atoms with van der Waals surface area (Å²) in [6, 6.07) is 17.5. The fourth-order valence-corrected chi connectivity index (χ4v) is 3.05. The molecule has 0 radical (unpaired) electrons. The molecule has 4 nitrogen and oxygen atoms in total. The van der Waals surface area contributed by atoms with Crippen LogP contribution in [0.4, 0.5) is 10.1 Å². The van der Waals surface area contributed by atoms with Gasteiger partial charge in [0, 0.05) is 11.8 Å². The van der Waals surface area contributed by atoms with Gasteiger partial charge in [0.05, 0.1) is 23.9 Å². The first kappa shape index (κ1) is 21.7. The summed E-state index contributed by atoms with van der Waals surface area (Å²) < 4.78 is 30.8. The minimum absolute atomic E-state index is 0.0477. The van der Waals surface area contributed by atoms with E-state index in [1.807, 2.05) is 38.1 Å². The van der Waals surface area contributed by atoms with E-state index >= 15 is 0 Å². The van der Waals surface area contributed by atoms with E-state index in [0.29, 0.717) is 35.3 Å². The van der Waals surface area contributed by atoms with Crippen LogP contribution >= 0.6 is 11.6 Å². The third-order valence-electron chi connectivity index (χ3n) is 4.17. The van der Waals surface area contributed by atoms with Crippen molar-refractivity contribution in [2.45, 2.75) is 20.5 Å². The van der Waals surface area contributed by atoms with Gasteiger partial charge in [-0.05, 0) is 61.9 Å². The Hall–Kier alpha value is -3.05. The Bertz CT molecular complexity index is 1010. The van der Waals surface area contributed by atoms with Crippen LogP contribution in [0.3, 0.4) is 0 Å². The first-order chi connectivity index (χ1) is 14.6. The minimum atomic E-state index is -0.328. The number of hydrogen-bond donors (Lipinski definition) is 0. The van der Waals surface area contributed by atoms with Gasteiger partial charge in [-0.3, -0.25) is 4.99 Å². The van der Waals surface area contributed by atoms with Crippen molar-refractivity contribution in [1.82, 2.24) is 0 Å². The van der Waals surface area contributed by atoms with Crippen LogP contribution in [0.15, 0.2) is 65.7 Å². The maximum absolute atomic E-state index is 13.9. The van der Waals surface area contributed by atoms with Gasteiger partial charge in [0.2, 0.25) is 0 Å². The van der Waals surface area contributed by atoms with Crippen LogP contribution in [0.2, 0.25) is 5.02 Å². The van der Waals surface area contributed by atoms with Crippen LogP contribution in [0, 0.1) is 5.82 Å². The van der Waals surface area contributed by atoms with Crippen LogP contribution in [0.25, 0.3) is 0 Å². The quantitative estimate of drug-likeness (QED) is 0.361. The summed E-state index contributed by atoms with van der Waals surface area (Å²) in [4.78, 5) is 4.47. The van der Waals surface area contributed by atoms with Crippen LogP contribution in [-0.2, 0) is 6.61 Å². The number of nitrogens with zero attached hydrogens (tertiary/aromatic N) is 1. The predicted octanol–water partition coefficient (Wildman–Crippen LogP) is 6.61. The number of hydrogen-bond acceptors (Lipinski definition) is 4. The molecule has 3 aromatic carbocycles. The molecule has 0 amide bonds. The first-order valence-electron chi connectivity index (χ1n) is 9.70. The van der Waals surface area contributed by atoms with E-state index in [4.69, 9.17) is 25.8 Å². The molecule has 0 spiro atoms. The molecule has 0 aliphatic carbocycles. The second kappa shape index (κ2) is 10.6. The number of rotatable bonds is 9. The molecule has 0 saturated carbocycles. The second-order valence-electron chi connectivity index (χ2n) is 6.33. The van der Waals surface area contributed by atoms with Crippen molar-refractivity contribution in [3.05, 3.63) is 82.6 Å². The second-order valence-corrected chi connectivity index (χ2v) is 6.74. The lowest BCUT2D eigenvalue weighted by atomic mass is 10.2.